The zero-order chi connectivity index (χ0) is 47.7. The topological polar surface area (TPSA) is 197 Å². The third kappa shape index (κ3) is 30.5. The van der Waals surface area contributed by atoms with E-state index in [2.05, 4.69) is 34.9 Å². The summed E-state index contributed by atoms with van der Waals surface area (Å²) in [7, 11) is 0. The van der Waals surface area contributed by atoms with E-state index in [0.717, 1.165) is 0 Å². The van der Waals surface area contributed by atoms with Gasteiger partial charge in [0, 0.05) is 19.0 Å². The second-order valence-electron chi connectivity index (χ2n) is 15.6. The van der Waals surface area contributed by atoms with E-state index >= 15 is 0 Å². The minimum atomic E-state index is -0.519. The number of fused-ring (bicyclic) bond motifs is 3. The molecule has 0 saturated carbocycles. The van der Waals surface area contributed by atoms with Crippen LogP contribution in [0, 0.1) is 0 Å². The van der Waals surface area contributed by atoms with Crippen LogP contribution >= 0.6 is 0 Å². The number of amides is 2. The normalized spacial score (nSPS) is 12.3. The molecule has 0 bridgehead atoms. The number of alkyl carbamates (subject to hydrolysis) is 2. The number of carbonyl (C=O) groups excluding carboxylic acids is 2. The summed E-state index contributed by atoms with van der Waals surface area (Å²) in [4.78, 5) is 23.8. The smallest absolute Gasteiger partial charge is 0.407 e. The van der Waals surface area contributed by atoms with E-state index in [-0.39, 0.29) is 12.5 Å². The third-order valence-corrected chi connectivity index (χ3v) is 9.24. The number of hydrogen-bond acceptors (Lipinski definition) is 17. The van der Waals surface area contributed by atoms with Gasteiger partial charge >= 0.3 is 12.2 Å². The zero-order valence-electron chi connectivity index (χ0n) is 40.1. The Labute approximate surface area is 397 Å². The Morgan fingerprint density at radius 2 is 0.642 bits per heavy atom. The van der Waals surface area contributed by atoms with Crippen molar-refractivity contribution in [1.29, 1.82) is 0 Å². The van der Waals surface area contributed by atoms with Gasteiger partial charge in [-0.15, -0.1) is 0 Å². The Morgan fingerprint density at radius 3 is 0.925 bits per heavy atom. The van der Waals surface area contributed by atoms with Crippen LogP contribution in [-0.4, -0.2) is 209 Å². The van der Waals surface area contributed by atoms with Crippen molar-refractivity contribution in [2.45, 2.75) is 32.3 Å². The molecule has 0 heterocycles. The molecule has 2 aromatic carbocycles. The van der Waals surface area contributed by atoms with E-state index in [1.54, 1.807) is 0 Å². The lowest BCUT2D eigenvalue weighted by atomic mass is 9.98. The minimum absolute atomic E-state index is 0.0303. The summed E-state index contributed by atoms with van der Waals surface area (Å²) in [6.07, 6.45) is -0.915. The maximum atomic E-state index is 12.3. The monoisotopic (exact) mass is 955 g/mol. The number of carbonyl (C=O) groups is 2. The average molecular weight is 955 g/mol. The van der Waals surface area contributed by atoms with Crippen molar-refractivity contribution in [1.82, 2.24) is 10.6 Å². The molecule has 2 aromatic rings. The maximum Gasteiger partial charge on any atom is 0.407 e. The largest absolute Gasteiger partial charge is 0.449 e. The molecule has 0 aromatic heterocycles. The Hall–Kier alpha value is -3.54. The van der Waals surface area contributed by atoms with Gasteiger partial charge in [-0.1, -0.05) is 48.5 Å². The first-order valence-corrected chi connectivity index (χ1v) is 23.4. The second-order valence-corrected chi connectivity index (χ2v) is 15.6. The van der Waals surface area contributed by atoms with Crippen molar-refractivity contribution in [3.63, 3.8) is 0 Å². The summed E-state index contributed by atoms with van der Waals surface area (Å²) in [5.41, 5.74) is 4.24. The van der Waals surface area contributed by atoms with Gasteiger partial charge in [0.25, 0.3) is 0 Å². The average Bonchev–Trinajstić information content (AvgIpc) is 3.63. The molecule has 67 heavy (non-hydrogen) atoms. The van der Waals surface area contributed by atoms with Gasteiger partial charge in [0.05, 0.1) is 172 Å². The van der Waals surface area contributed by atoms with Gasteiger partial charge in [-0.05, 0) is 43.0 Å². The van der Waals surface area contributed by atoms with Gasteiger partial charge in [0.15, 0.2) is 0 Å². The summed E-state index contributed by atoms with van der Waals surface area (Å²) in [6.45, 7) is 18.4. The van der Waals surface area contributed by atoms with Crippen LogP contribution < -0.4 is 10.6 Å². The highest BCUT2D eigenvalue weighted by molar-refractivity contribution is 5.79. The van der Waals surface area contributed by atoms with Crippen molar-refractivity contribution >= 4 is 12.2 Å². The Balaban J connectivity index is 0.903. The Bertz CT molecular complexity index is 1470. The molecule has 1 aliphatic rings. The summed E-state index contributed by atoms with van der Waals surface area (Å²) < 4.78 is 82.1. The number of rotatable bonds is 44. The maximum absolute atomic E-state index is 12.3. The number of ether oxygens (including phenoxy) is 15. The Morgan fingerprint density at radius 1 is 0.388 bits per heavy atom. The van der Waals surface area contributed by atoms with Crippen LogP contribution in [-0.2, 0) is 71.1 Å². The number of benzene rings is 2. The molecule has 19 nitrogen and oxygen atoms in total. The molecule has 0 fully saturated rings. The summed E-state index contributed by atoms with van der Waals surface area (Å²) in [5, 5.41) is 5.37. The molecule has 0 unspecified atom stereocenters. The van der Waals surface area contributed by atoms with Crippen molar-refractivity contribution < 1.29 is 80.6 Å². The molecule has 0 atom stereocenters. The molecule has 0 saturated heterocycles. The van der Waals surface area contributed by atoms with E-state index in [0.29, 0.717) is 185 Å². The third-order valence-electron chi connectivity index (χ3n) is 9.24. The molecule has 1 aliphatic carbocycles. The van der Waals surface area contributed by atoms with Gasteiger partial charge in [-0.25, -0.2) is 9.59 Å². The highest BCUT2D eigenvalue weighted by Gasteiger charge is 2.29. The van der Waals surface area contributed by atoms with Crippen molar-refractivity contribution in [3.8, 4) is 11.1 Å². The van der Waals surface area contributed by atoms with Crippen LogP contribution in [0.1, 0.15) is 37.8 Å². The first kappa shape index (κ1) is 57.8. The lowest BCUT2D eigenvalue weighted by Gasteiger charge is -2.19. The predicted molar refractivity (Wildman–Crippen MR) is 248 cm³/mol. The lowest BCUT2D eigenvalue weighted by Crippen LogP contribution is -2.34. The quantitative estimate of drug-likeness (QED) is 0.0893. The predicted octanol–water partition coefficient (Wildman–Crippen LogP) is 4.27. The zero-order valence-corrected chi connectivity index (χ0v) is 40.1. The molecule has 382 valence electrons. The van der Waals surface area contributed by atoms with Crippen LogP contribution in [0.3, 0.4) is 0 Å². The standard InChI is InChI=1S/C48H78N2O17/c1-48(2,3)67-47(52)50-13-15-54-17-19-56-21-23-58-25-27-60-29-31-62-33-35-64-37-39-65-38-36-63-34-32-61-30-28-59-26-24-57-22-20-55-18-16-53-14-12-49-46(51)66-40-45-43-10-6-4-8-41(43)42-9-5-7-11-44(42)45/h4-11,45H,12-40H2,1-3H3,(H,49,51)(H,50,52). The van der Waals surface area contributed by atoms with E-state index < -0.39 is 17.8 Å². The lowest BCUT2D eigenvalue weighted by molar-refractivity contribution is -0.0290. The van der Waals surface area contributed by atoms with Gasteiger partial charge in [-0.3, -0.25) is 0 Å². The van der Waals surface area contributed by atoms with Gasteiger partial charge in [-0.2, -0.15) is 0 Å². The molecule has 19 heteroatoms. The van der Waals surface area contributed by atoms with Gasteiger partial charge in [0.1, 0.15) is 12.2 Å². The molecule has 2 amide bonds. The van der Waals surface area contributed by atoms with Crippen LogP contribution in [0.2, 0.25) is 0 Å². The van der Waals surface area contributed by atoms with Gasteiger partial charge < -0.3 is 81.7 Å². The fraction of sp³-hybridized carbons (Fsp3) is 0.708. The highest BCUT2D eigenvalue weighted by atomic mass is 16.6. The molecule has 2 N–H and O–H groups in total. The molecule has 0 radical (unpaired) electrons. The molecular formula is C48H78N2O17. The second kappa shape index (κ2) is 39.3. The van der Waals surface area contributed by atoms with Crippen LogP contribution in [0.15, 0.2) is 48.5 Å². The number of nitrogens with one attached hydrogen (secondary N) is 2. The van der Waals surface area contributed by atoms with E-state index in [1.807, 2.05) is 45.0 Å². The fourth-order valence-corrected chi connectivity index (χ4v) is 6.16. The van der Waals surface area contributed by atoms with E-state index in [1.165, 1.54) is 22.3 Å². The SMILES string of the molecule is CC(C)(C)OC(=O)NCCOCCOCCOCCOCCOCCOCCOCCOCCOCCOCCOCCOCCOCCNC(=O)OCC1c2ccccc2-c2ccccc21. The summed E-state index contributed by atoms with van der Waals surface area (Å²) in [5.74, 6) is 0.0303. The number of hydrogen-bond donors (Lipinski definition) is 2. The van der Waals surface area contributed by atoms with Crippen LogP contribution in [0.4, 0.5) is 9.59 Å². The molecular weight excluding hydrogens is 877 g/mol. The van der Waals surface area contributed by atoms with Crippen molar-refractivity contribution in [3.05, 3.63) is 59.7 Å². The minimum Gasteiger partial charge on any atom is -0.449 e. The molecule has 3 rings (SSSR count). The van der Waals surface area contributed by atoms with Crippen LogP contribution in [0.25, 0.3) is 11.1 Å². The molecule has 0 spiro atoms. The van der Waals surface area contributed by atoms with Crippen molar-refractivity contribution in [2.75, 3.05) is 191 Å². The Kier molecular flexibility index (Phi) is 33.9. The summed E-state index contributed by atoms with van der Waals surface area (Å²) in [6, 6.07) is 16.5. The highest BCUT2D eigenvalue weighted by Crippen LogP contribution is 2.44. The summed E-state index contributed by atoms with van der Waals surface area (Å²) >= 11 is 0. The fourth-order valence-electron chi connectivity index (χ4n) is 6.16. The van der Waals surface area contributed by atoms with E-state index in [4.69, 9.17) is 71.1 Å². The first-order chi connectivity index (χ1) is 32.8. The van der Waals surface area contributed by atoms with E-state index in [9.17, 15) is 9.59 Å². The first-order valence-electron chi connectivity index (χ1n) is 23.4. The molecule has 0 aliphatic heterocycles. The van der Waals surface area contributed by atoms with Gasteiger partial charge in [0.2, 0.25) is 0 Å². The van der Waals surface area contributed by atoms with Crippen molar-refractivity contribution in [2.24, 2.45) is 0 Å². The van der Waals surface area contributed by atoms with Crippen LogP contribution in [0.5, 0.6) is 0 Å².